The second-order valence-electron chi connectivity index (χ2n) is 7.30. The number of aryl methyl sites for hydroxylation is 1. The van der Waals surface area contributed by atoms with Gasteiger partial charge in [-0.1, -0.05) is 12.1 Å². The first-order valence-electron chi connectivity index (χ1n) is 8.33. The SMILES string of the molecule is Cc1cc(C(F)(F)F)ccc1NCc1ccc(NS(=O)(=O)C(C)(C)C)cc1. The molecule has 0 aliphatic heterocycles. The van der Waals surface area contributed by atoms with Gasteiger partial charge in [0.1, 0.15) is 0 Å². The lowest BCUT2D eigenvalue weighted by Crippen LogP contribution is -2.33. The number of anilines is 2. The Bertz CT molecular complexity index is 900. The molecule has 0 heterocycles. The summed E-state index contributed by atoms with van der Waals surface area (Å²) in [5, 5.41) is 3.09. The van der Waals surface area contributed by atoms with Crippen molar-refractivity contribution in [1.29, 1.82) is 0 Å². The average molecular weight is 400 g/mol. The third-order valence-corrected chi connectivity index (χ3v) is 6.17. The van der Waals surface area contributed by atoms with E-state index in [1.54, 1.807) is 52.0 Å². The second-order valence-corrected chi connectivity index (χ2v) is 9.73. The highest BCUT2D eigenvalue weighted by molar-refractivity contribution is 7.94. The lowest BCUT2D eigenvalue weighted by Gasteiger charge is -2.20. The van der Waals surface area contributed by atoms with E-state index in [1.165, 1.54) is 6.07 Å². The van der Waals surface area contributed by atoms with Crippen LogP contribution in [0.2, 0.25) is 0 Å². The van der Waals surface area contributed by atoms with Crippen LogP contribution in [0.3, 0.4) is 0 Å². The predicted molar refractivity (Wildman–Crippen MR) is 102 cm³/mol. The van der Waals surface area contributed by atoms with Crippen LogP contribution < -0.4 is 10.0 Å². The van der Waals surface area contributed by atoms with Crippen molar-refractivity contribution >= 4 is 21.4 Å². The maximum atomic E-state index is 12.7. The van der Waals surface area contributed by atoms with E-state index in [-0.39, 0.29) is 0 Å². The number of benzene rings is 2. The summed E-state index contributed by atoms with van der Waals surface area (Å²) in [5.74, 6) is 0. The van der Waals surface area contributed by atoms with Crippen LogP contribution in [0.4, 0.5) is 24.5 Å². The maximum Gasteiger partial charge on any atom is 0.416 e. The zero-order valence-electron chi connectivity index (χ0n) is 15.6. The molecular formula is C19H23F3N2O2S. The fraction of sp³-hybridized carbons (Fsp3) is 0.368. The van der Waals surface area contributed by atoms with Gasteiger partial charge >= 0.3 is 6.18 Å². The molecule has 0 radical (unpaired) electrons. The molecule has 0 atom stereocenters. The third-order valence-electron chi connectivity index (χ3n) is 4.05. The summed E-state index contributed by atoms with van der Waals surface area (Å²) in [6, 6.07) is 10.4. The normalized spacial score (nSPS) is 12.7. The number of nitrogens with one attached hydrogen (secondary N) is 2. The van der Waals surface area contributed by atoms with E-state index in [2.05, 4.69) is 10.0 Å². The first-order valence-corrected chi connectivity index (χ1v) is 9.81. The van der Waals surface area contributed by atoms with Crippen LogP contribution in [0.15, 0.2) is 42.5 Å². The van der Waals surface area contributed by atoms with Gasteiger partial charge < -0.3 is 5.32 Å². The summed E-state index contributed by atoms with van der Waals surface area (Å²) >= 11 is 0. The summed E-state index contributed by atoms with van der Waals surface area (Å²) in [6.07, 6.45) is -4.36. The van der Waals surface area contributed by atoms with E-state index < -0.39 is 26.5 Å². The lowest BCUT2D eigenvalue weighted by molar-refractivity contribution is -0.137. The average Bonchev–Trinajstić information content (AvgIpc) is 2.53. The monoisotopic (exact) mass is 400 g/mol. The van der Waals surface area contributed by atoms with Crippen molar-refractivity contribution in [3.8, 4) is 0 Å². The van der Waals surface area contributed by atoms with Crippen LogP contribution >= 0.6 is 0 Å². The fourth-order valence-corrected chi connectivity index (χ4v) is 2.99. The molecule has 0 amide bonds. The van der Waals surface area contributed by atoms with E-state index in [9.17, 15) is 21.6 Å². The van der Waals surface area contributed by atoms with Crippen LogP contribution in [-0.2, 0) is 22.7 Å². The first-order chi connectivity index (χ1) is 12.3. The number of hydrogen-bond donors (Lipinski definition) is 2. The molecule has 0 unspecified atom stereocenters. The molecule has 2 N–H and O–H groups in total. The van der Waals surface area contributed by atoms with E-state index in [0.717, 1.165) is 17.7 Å². The largest absolute Gasteiger partial charge is 0.416 e. The van der Waals surface area contributed by atoms with Crippen molar-refractivity contribution in [1.82, 2.24) is 0 Å². The maximum absolute atomic E-state index is 12.7. The van der Waals surface area contributed by atoms with Crippen molar-refractivity contribution < 1.29 is 21.6 Å². The van der Waals surface area contributed by atoms with Crippen LogP contribution in [-0.4, -0.2) is 13.2 Å². The molecule has 2 aromatic carbocycles. The third kappa shape index (κ3) is 5.38. The van der Waals surface area contributed by atoms with Gasteiger partial charge in [0.15, 0.2) is 0 Å². The van der Waals surface area contributed by atoms with Gasteiger partial charge in [-0.3, -0.25) is 4.72 Å². The molecule has 4 nitrogen and oxygen atoms in total. The number of sulfonamides is 1. The first kappa shape index (κ1) is 21.1. The van der Waals surface area contributed by atoms with Gasteiger partial charge in [-0.25, -0.2) is 8.42 Å². The molecule has 0 aliphatic rings. The lowest BCUT2D eigenvalue weighted by atomic mass is 10.1. The van der Waals surface area contributed by atoms with E-state index in [4.69, 9.17) is 0 Å². The molecule has 27 heavy (non-hydrogen) atoms. The number of hydrogen-bond acceptors (Lipinski definition) is 3. The Kier molecular flexibility index (Phi) is 5.79. The minimum Gasteiger partial charge on any atom is -0.381 e. The number of halogens is 3. The molecule has 0 saturated carbocycles. The predicted octanol–water partition coefficient (Wildman–Crippen LogP) is 5.17. The summed E-state index contributed by atoms with van der Waals surface area (Å²) in [4.78, 5) is 0. The molecule has 2 aromatic rings. The van der Waals surface area contributed by atoms with Gasteiger partial charge in [0.2, 0.25) is 10.0 Å². The van der Waals surface area contributed by atoms with E-state index >= 15 is 0 Å². The zero-order chi connectivity index (χ0) is 20.5. The molecule has 0 bridgehead atoms. The van der Waals surface area contributed by atoms with Crippen molar-refractivity contribution in [2.75, 3.05) is 10.0 Å². The Morgan fingerprint density at radius 3 is 2.04 bits per heavy atom. The Balaban J connectivity index is 2.04. The van der Waals surface area contributed by atoms with Gasteiger partial charge in [-0.15, -0.1) is 0 Å². The van der Waals surface area contributed by atoms with Crippen LogP contribution in [0.1, 0.15) is 37.5 Å². The molecule has 2 rings (SSSR count). The minimum atomic E-state index is -4.36. The number of rotatable bonds is 5. The summed E-state index contributed by atoms with van der Waals surface area (Å²) in [7, 11) is -3.50. The topological polar surface area (TPSA) is 58.2 Å². The number of alkyl halides is 3. The quantitative estimate of drug-likeness (QED) is 0.728. The summed E-state index contributed by atoms with van der Waals surface area (Å²) in [6.45, 7) is 6.85. The summed E-state index contributed by atoms with van der Waals surface area (Å²) < 4.78 is 64.0. The molecule has 0 fully saturated rings. The van der Waals surface area contributed by atoms with E-state index in [0.29, 0.717) is 23.5 Å². The van der Waals surface area contributed by atoms with Gasteiger partial charge in [0, 0.05) is 17.9 Å². The molecular weight excluding hydrogens is 377 g/mol. The van der Waals surface area contributed by atoms with Gasteiger partial charge in [-0.2, -0.15) is 13.2 Å². The molecule has 0 aliphatic carbocycles. The van der Waals surface area contributed by atoms with Crippen molar-refractivity contribution in [3.05, 3.63) is 59.2 Å². The van der Waals surface area contributed by atoms with Crippen LogP contribution in [0.5, 0.6) is 0 Å². The van der Waals surface area contributed by atoms with Gasteiger partial charge in [-0.05, 0) is 69.2 Å². The zero-order valence-corrected chi connectivity index (χ0v) is 16.4. The van der Waals surface area contributed by atoms with Crippen molar-refractivity contribution in [2.45, 2.75) is 45.2 Å². The minimum absolute atomic E-state index is 0.401. The smallest absolute Gasteiger partial charge is 0.381 e. The highest BCUT2D eigenvalue weighted by atomic mass is 32.2. The Hall–Kier alpha value is -2.22. The second kappa shape index (κ2) is 7.42. The van der Waals surface area contributed by atoms with Crippen molar-refractivity contribution in [3.63, 3.8) is 0 Å². The Labute approximate surface area is 157 Å². The Morgan fingerprint density at radius 1 is 0.963 bits per heavy atom. The van der Waals surface area contributed by atoms with E-state index in [1.807, 2.05) is 0 Å². The summed E-state index contributed by atoms with van der Waals surface area (Å²) in [5.41, 5.74) is 1.76. The molecule has 148 valence electrons. The molecule has 8 heteroatoms. The fourth-order valence-electron chi connectivity index (χ4n) is 2.23. The van der Waals surface area contributed by atoms with Crippen LogP contribution in [0, 0.1) is 6.92 Å². The van der Waals surface area contributed by atoms with Crippen LogP contribution in [0.25, 0.3) is 0 Å². The van der Waals surface area contributed by atoms with Crippen molar-refractivity contribution in [2.24, 2.45) is 0 Å². The Morgan fingerprint density at radius 2 is 1.56 bits per heavy atom. The molecule has 0 saturated heterocycles. The highest BCUT2D eigenvalue weighted by Crippen LogP contribution is 2.31. The molecule has 0 spiro atoms. The standard InChI is InChI=1S/C19H23F3N2O2S/c1-13-11-15(19(20,21)22)7-10-17(13)23-12-14-5-8-16(9-6-14)24-27(25,26)18(2,3)4/h5-11,23-24H,12H2,1-4H3. The highest BCUT2D eigenvalue weighted by Gasteiger charge is 2.30. The van der Waals surface area contributed by atoms with Gasteiger partial charge in [0.25, 0.3) is 0 Å². The molecule has 0 aromatic heterocycles. The van der Waals surface area contributed by atoms with Gasteiger partial charge in [0.05, 0.1) is 10.3 Å².